The van der Waals surface area contributed by atoms with E-state index in [1.165, 1.54) is 6.92 Å². The average Bonchev–Trinajstić information content (AvgIpc) is 2.35. The Balaban J connectivity index is 2.83. The minimum atomic E-state index is -4.55. The fourth-order valence-electron chi connectivity index (χ4n) is 1.27. The predicted octanol–water partition coefficient (Wildman–Crippen LogP) is 2.09. The number of nitrogens with one attached hydrogen (secondary N) is 1. The first-order valence-corrected chi connectivity index (χ1v) is 5.73. The average molecular weight is 313 g/mol. The van der Waals surface area contributed by atoms with Crippen LogP contribution in [0.2, 0.25) is 5.02 Å². The summed E-state index contributed by atoms with van der Waals surface area (Å²) in [6.07, 6.45) is -3.95. The molecule has 1 atom stereocenters. The lowest BCUT2D eigenvalue weighted by Gasteiger charge is -2.21. The predicted molar refractivity (Wildman–Crippen MR) is 65.4 cm³/mol. The van der Waals surface area contributed by atoms with E-state index in [1.807, 2.05) is 0 Å². The van der Waals surface area contributed by atoms with Crippen LogP contribution in [0.25, 0.3) is 0 Å². The molecule has 0 aliphatic heterocycles. The number of methoxy groups -OCH3 is 1. The van der Waals surface area contributed by atoms with Gasteiger partial charge >= 0.3 is 12.1 Å². The van der Waals surface area contributed by atoms with E-state index < -0.39 is 23.3 Å². The van der Waals surface area contributed by atoms with E-state index in [0.29, 0.717) is 12.3 Å². The molecule has 2 N–H and O–H groups in total. The minimum absolute atomic E-state index is 0.0798. The number of anilines is 1. The standard InChI is InChI=1S/C11H12ClF3N2O3/c1-10(19,9(18)20-2)5-17-8-7(12)3-6(4-16-8)11(13,14)15/h3-4,19H,5H2,1-2H3,(H,16,17). The van der Waals surface area contributed by atoms with Gasteiger partial charge in [-0.3, -0.25) is 0 Å². The summed E-state index contributed by atoms with van der Waals surface area (Å²) in [6, 6.07) is 0.698. The van der Waals surface area contributed by atoms with Crippen LogP contribution in [0.5, 0.6) is 0 Å². The second-order valence-corrected chi connectivity index (χ2v) is 4.58. The van der Waals surface area contributed by atoms with Crippen molar-refractivity contribution in [2.24, 2.45) is 0 Å². The maximum absolute atomic E-state index is 12.4. The van der Waals surface area contributed by atoms with Crippen molar-refractivity contribution in [1.29, 1.82) is 0 Å². The molecule has 0 aliphatic rings. The van der Waals surface area contributed by atoms with Crippen LogP contribution >= 0.6 is 11.6 Å². The van der Waals surface area contributed by atoms with Gasteiger partial charge in [0.15, 0.2) is 5.60 Å². The second-order valence-electron chi connectivity index (χ2n) is 4.17. The van der Waals surface area contributed by atoms with Gasteiger partial charge < -0.3 is 15.2 Å². The summed E-state index contributed by atoms with van der Waals surface area (Å²) in [4.78, 5) is 14.7. The van der Waals surface area contributed by atoms with Gasteiger partial charge in [0.25, 0.3) is 0 Å². The number of ether oxygens (including phenoxy) is 1. The molecule has 1 aromatic rings. The van der Waals surface area contributed by atoms with Crippen molar-refractivity contribution in [3.8, 4) is 0 Å². The third-order valence-electron chi connectivity index (χ3n) is 2.39. The van der Waals surface area contributed by atoms with Crippen molar-refractivity contribution in [2.45, 2.75) is 18.7 Å². The molecule has 0 amide bonds. The van der Waals surface area contributed by atoms with E-state index in [-0.39, 0.29) is 17.4 Å². The molecule has 0 bridgehead atoms. The number of alkyl halides is 3. The normalized spacial score (nSPS) is 14.6. The van der Waals surface area contributed by atoms with Gasteiger partial charge in [-0.15, -0.1) is 0 Å². The maximum Gasteiger partial charge on any atom is 0.417 e. The molecular formula is C11H12ClF3N2O3. The van der Waals surface area contributed by atoms with Crippen LogP contribution in [-0.2, 0) is 15.7 Å². The van der Waals surface area contributed by atoms with Gasteiger partial charge in [0, 0.05) is 6.20 Å². The summed E-state index contributed by atoms with van der Waals surface area (Å²) in [6.45, 7) is 0.863. The Hall–Kier alpha value is -1.54. The van der Waals surface area contributed by atoms with Crippen LogP contribution in [0, 0.1) is 0 Å². The van der Waals surface area contributed by atoms with E-state index in [0.717, 1.165) is 7.11 Å². The van der Waals surface area contributed by atoms with E-state index >= 15 is 0 Å². The van der Waals surface area contributed by atoms with Gasteiger partial charge in [0.1, 0.15) is 5.82 Å². The van der Waals surface area contributed by atoms with Crippen LogP contribution in [0.3, 0.4) is 0 Å². The van der Waals surface area contributed by atoms with Crippen molar-refractivity contribution in [3.63, 3.8) is 0 Å². The number of aliphatic hydroxyl groups is 1. The maximum atomic E-state index is 12.4. The topological polar surface area (TPSA) is 71.5 Å². The zero-order chi connectivity index (χ0) is 15.6. The molecule has 0 saturated carbocycles. The van der Waals surface area contributed by atoms with Crippen LogP contribution in [0.4, 0.5) is 19.0 Å². The van der Waals surface area contributed by atoms with E-state index in [2.05, 4.69) is 15.0 Å². The number of halogens is 4. The molecule has 1 aromatic heterocycles. The highest BCUT2D eigenvalue weighted by molar-refractivity contribution is 6.33. The summed E-state index contributed by atoms with van der Waals surface area (Å²) in [7, 11) is 1.10. The third kappa shape index (κ3) is 3.97. The van der Waals surface area contributed by atoms with E-state index in [1.54, 1.807) is 0 Å². The summed E-state index contributed by atoms with van der Waals surface area (Å²) in [5.41, 5.74) is -2.85. The molecule has 1 rings (SSSR count). The Labute approximate surface area is 117 Å². The highest BCUT2D eigenvalue weighted by atomic mass is 35.5. The molecule has 0 fully saturated rings. The molecule has 0 saturated heterocycles. The van der Waals surface area contributed by atoms with Crippen molar-refractivity contribution in [2.75, 3.05) is 19.0 Å². The summed E-state index contributed by atoms with van der Waals surface area (Å²) >= 11 is 5.65. The highest BCUT2D eigenvalue weighted by Crippen LogP contribution is 2.32. The largest absolute Gasteiger partial charge is 0.467 e. The minimum Gasteiger partial charge on any atom is -0.467 e. The first-order chi connectivity index (χ1) is 9.08. The molecule has 20 heavy (non-hydrogen) atoms. The molecule has 1 unspecified atom stereocenters. The lowest BCUT2D eigenvalue weighted by molar-refractivity contribution is -0.158. The van der Waals surface area contributed by atoms with Crippen LogP contribution in [-0.4, -0.2) is 35.3 Å². The number of hydrogen-bond acceptors (Lipinski definition) is 5. The highest BCUT2D eigenvalue weighted by Gasteiger charge is 2.33. The van der Waals surface area contributed by atoms with Gasteiger partial charge in [0.05, 0.1) is 24.2 Å². The van der Waals surface area contributed by atoms with Crippen LogP contribution < -0.4 is 5.32 Å². The smallest absolute Gasteiger partial charge is 0.417 e. The first kappa shape index (κ1) is 16.5. The Bertz CT molecular complexity index is 506. The van der Waals surface area contributed by atoms with E-state index in [4.69, 9.17) is 11.6 Å². The zero-order valence-electron chi connectivity index (χ0n) is 10.6. The zero-order valence-corrected chi connectivity index (χ0v) is 11.3. The summed E-state index contributed by atoms with van der Waals surface area (Å²) in [5.74, 6) is -0.975. The number of hydrogen-bond donors (Lipinski definition) is 2. The lowest BCUT2D eigenvalue weighted by Crippen LogP contribution is -2.43. The number of carbonyl (C=O) groups is 1. The number of esters is 1. The summed E-state index contributed by atoms with van der Waals surface area (Å²) in [5, 5.41) is 11.9. The number of aromatic nitrogens is 1. The van der Waals surface area contributed by atoms with E-state index in [9.17, 15) is 23.1 Å². The third-order valence-corrected chi connectivity index (χ3v) is 2.68. The van der Waals surface area contributed by atoms with Crippen molar-refractivity contribution in [3.05, 3.63) is 22.8 Å². The Kier molecular flexibility index (Phi) is 4.82. The first-order valence-electron chi connectivity index (χ1n) is 5.35. The fraction of sp³-hybridized carbons (Fsp3) is 0.455. The Morgan fingerprint density at radius 1 is 1.55 bits per heavy atom. The summed E-state index contributed by atoms with van der Waals surface area (Å²) < 4.78 is 41.6. The van der Waals surface area contributed by atoms with Gasteiger partial charge in [-0.25, -0.2) is 9.78 Å². The van der Waals surface area contributed by atoms with Gasteiger partial charge in [0.2, 0.25) is 0 Å². The quantitative estimate of drug-likeness (QED) is 0.833. The number of carbonyl (C=O) groups excluding carboxylic acids is 1. The molecule has 112 valence electrons. The van der Waals surface area contributed by atoms with Crippen molar-refractivity contribution >= 4 is 23.4 Å². The Morgan fingerprint density at radius 2 is 2.15 bits per heavy atom. The number of nitrogens with zero attached hydrogens (tertiary/aromatic N) is 1. The molecule has 5 nitrogen and oxygen atoms in total. The SMILES string of the molecule is COC(=O)C(C)(O)CNc1ncc(C(F)(F)F)cc1Cl. The van der Waals surface area contributed by atoms with Gasteiger partial charge in [-0.2, -0.15) is 13.2 Å². The molecular weight excluding hydrogens is 301 g/mol. The lowest BCUT2D eigenvalue weighted by atomic mass is 10.1. The van der Waals surface area contributed by atoms with Crippen molar-refractivity contribution in [1.82, 2.24) is 4.98 Å². The number of pyridine rings is 1. The fourth-order valence-corrected chi connectivity index (χ4v) is 1.50. The molecule has 0 spiro atoms. The molecule has 1 heterocycles. The van der Waals surface area contributed by atoms with Gasteiger partial charge in [-0.05, 0) is 13.0 Å². The molecule has 0 aromatic carbocycles. The monoisotopic (exact) mass is 312 g/mol. The van der Waals surface area contributed by atoms with Crippen LogP contribution in [0.1, 0.15) is 12.5 Å². The molecule has 0 aliphatic carbocycles. The molecule has 0 radical (unpaired) electrons. The second kappa shape index (κ2) is 5.84. The van der Waals surface area contributed by atoms with Crippen molar-refractivity contribution < 1.29 is 27.8 Å². The number of rotatable bonds is 4. The molecule has 9 heteroatoms. The van der Waals surface area contributed by atoms with Crippen LogP contribution in [0.15, 0.2) is 12.3 Å². The Morgan fingerprint density at radius 3 is 2.60 bits per heavy atom. The van der Waals surface area contributed by atoms with Gasteiger partial charge in [-0.1, -0.05) is 11.6 Å².